The van der Waals surface area contributed by atoms with Crippen molar-refractivity contribution in [3.8, 4) is 0 Å². The minimum atomic E-state index is -3.65. The summed E-state index contributed by atoms with van der Waals surface area (Å²) in [6.07, 6.45) is 4.68. The van der Waals surface area contributed by atoms with Gasteiger partial charge in [0.15, 0.2) is 0 Å². The fourth-order valence-corrected chi connectivity index (χ4v) is 3.57. The second kappa shape index (κ2) is 8.75. The standard InChI is InChI=1S/C16H25NO5S2/c1-13(2)12-15(6-5-11-22-23(4,18)19)17-24(20,21)16-9-7-14(3)8-10-16/h5-10,13,15,17H,11-12H2,1-4H3/b6-5+. The summed E-state index contributed by atoms with van der Waals surface area (Å²) in [4.78, 5) is 0.197. The van der Waals surface area contributed by atoms with Crippen molar-refractivity contribution in [1.82, 2.24) is 4.72 Å². The summed E-state index contributed by atoms with van der Waals surface area (Å²) in [5.74, 6) is 0.260. The highest BCUT2D eigenvalue weighted by Gasteiger charge is 2.19. The highest BCUT2D eigenvalue weighted by atomic mass is 32.2. The zero-order valence-electron chi connectivity index (χ0n) is 14.4. The number of benzene rings is 1. The second-order valence-electron chi connectivity index (χ2n) is 6.09. The molecule has 0 aliphatic carbocycles. The van der Waals surface area contributed by atoms with Gasteiger partial charge in [0.25, 0.3) is 10.1 Å². The lowest BCUT2D eigenvalue weighted by molar-refractivity contribution is 0.360. The van der Waals surface area contributed by atoms with Gasteiger partial charge in [-0.3, -0.25) is 4.18 Å². The Bertz CT molecular complexity index is 750. The number of aryl methyl sites for hydroxylation is 1. The molecule has 0 saturated heterocycles. The first-order chi connectivity index (χ1) is 11.0. The van der Waals surface area contributed by atoms with Gasteiger partial charge in [0.1, 0.15) is 0 Å². The molecule has 136 valence electrons. The van der Waals surface area contributed by atoms with Crippen molar-refractivity contribution < 1.29 is 21.0 Å². The average Bonchev–Trinajstić information content (AvgIpc) is 2.42. The molecule has 1 rings (SSSR count). The molecule has 0 aliphatic heterocycles. The van der Waals surface area contributed by atoms with Crippen molar-refractivity contribution in [1.29, 1.82) is 0 Å². The van der Waals surface area contributed by atoms with Crippen LogP contribution in [0.15, 0.2) is 41.3 Å². The van der Waals surface area contributed by atoms with E-state index in [0.29, 0.717) is 6.42 Å². The quantitative estimate of drug-likeness (QED) is 0.528. The Labute approximate surface area is 145 Å². The highest BCUT2D eigenvalue weighted by Crippen LogP contribution is 2.14. The van der Waals surface area contributed by atoms with Crippen molar-refractivity contribution >= 4 is 20.1 Å². The van der Waals surface area contributed by atoms with E-state index in [1.165, 1.54) is 6.08 Å². The molecule has 24 heavy (non-hydrogen) atoms. The van der Waals surface area contributed by atoms with Crippen LogP contribution in [0.2, 0.25) is 0 Å². The predicted molar refractivity (Wildman–Crippen MR) is 94.7 cm³/mol. The van der Waals surface area contributed by atoms with E-state index in [0.717, 1.165) is 11.8 Å². The van der Waals surface area contributed by atoms with E-state index in [2.05, 4.69) is 8.91 Å². The van der Waals surface area contributed by atoms with Gasteiger partial charge < -0.3 is 0 Å². The number of nitrogens with one attached hydrogen (secondary N) is 1. The summed E-state index contributed by atoms with van der Waals surface area (Å²) < 4.78 is 54.0. The lowest BCUT2D eigenvalue weighted by atomic mass is 10.0. The number of sulfonamides is 1. The molecular weight excluding hydrogens is 350 g/mol. The number of rotatable bonds is 9. The molecule has 0 spiro atoms. The SMILES string of the molecule is Cc1ccc(S(=O)(=O)NC(/C=C/COS(C)(=O)=O)CC(C)C)cc1. The van der Waals surface area contributed by atoms with Crippen molar-refractivity contribution in [2.24, 2.45) is 5.92 Å². The molecule has 1 N–H and O–H groups in total. The number of hydrogen-bond donors (Lipinski definition) is 1. The Balaban J connectivity index is 2.84. The number of hydrogen-bond acceptors (Lipinski definition) is 5. The van der Waals surface area contributed by atoms with Gasteiger partial charge in [-0.1, -0.05) is 43.7 Å². The summed E-state index contributed by atoms with van der Waals surface area (Å²) in [5, 5.41) is 0. The Hall–Kier alpha value is -1.22. The molecule has 6 nitrogen and oxygen atoms in total. The predicted octanol–water partition coefficient (Wildman–Crippen LogP) is 2.22. The van der Waals surface area contributed by atoms with Crippen LogP contribution in [0, 0.1) is 12.8 Å². The van der Waals surface area contributed by atoms with Crippen LogP contribution in [-0.2, 0) is 24.3 Å². The van der Waals surface area contributed by atoms with Crippen molar-refractivity contribution in [2.45, 2.75) is 38.1 Å². The Morgan fingerprint density at radius 3 is 2.21 bits per heavy atom. The van der Waals surface area contributed by atoms with Crippen molar-refractivity contribution in [3.05, 3.63) is 42.0 Å². The maximum atomic E-state index is 12.5. The van der Waals surface area contributed by atoms with Crippen molar-refractivity contribution in [3.63, 3.8) is 0 Å². The van der Waals surface area contributed by atoms with Crippen LogP contribution >= 0.6 is 0 Å². The molecule has 0 amide bonds. The third kappa shape index (κ3) is 8.05. The van der Waals surface area contributed by atoms with E-state index < -0.39 is 26.2 Å². The van der Waals surface area contributed by atoms with Gasteiger partial charge in [0.2, 0.25) is 10.0 Å². The molecule has 0 aliphatic rings. The third-order valence-corrected chi connectivity index (χ3v) is 5.18. The molecule has 0 aromatic heterocycles. The minimum absolute atomic E-state index is 0.125. The summed E-state index contributed by atoms with van der Waals surface area (Å²) in [7, 11) is -7.16. The molecule has 1 aromatic carbocycles. The topological polar surface area (TPSA) is 89.5 Å². The Morgan fingerprint density at radius 1 is 1.12 bits per heavy atom. The largest absolute Gasteiger partial charge is 0.266 e. The summed E-state index contributed by atoms with van der Waals surface area (Å²) in [6, 6.07) is 6.14. The first-order valence-corrected chi connectivity index (χ1v) is 10.9. The molecule has 0 fully saturated rings. The van der Waals surface area contributed by atoms with Crippen LogP contribution < -0.4 is 4.72 Å². The maximum Gasteiger partial charge on any atom is 0.264 e. The van der Waals surface area contributed by atoms with Crippen molar-refractivity contribution in [2.75, 3.05) is 12.9 Å². The zero-order valence-corrected chi connectivity index (χ0v) is 16.0. The van der Waals surface area contributed by atoms with Gasteiger partial charge in [-0.05, 0) is 31.4 Å². The van der Waals surface area contributed by atoms with Gasteiger partial charge in [-0.25, -0.2) is 13.1 Å². The average molecular weight is 376 g/mol. The molecule has 0 saturated carbocycles. The fraction of sp³-hybridized carbons (Fsp3) is 0.500. The van der Waals surface area contributed by atoms with Crippen LogP contribution in [-0.4, -0.2) is 35.7 Å². The molecule has 1 atom stereocenters. The third-order valence-electron chi connectivity index (χ3n) is 3.11. The molecule has 0 heterocycles. The second-order valence-corrected chi connectivity index (χ2v) is 9.45. The molecule has 1 unspecified atom stereocenters. The fourth-order valence-electron chi connectivity index (χ4n) is 2.04. The van der Waals surface area contributed by atoms with Gasteiger partial charge in [0, 0.05) is 6.04 Å². The molecule has 0 radical (unpaired) electrons. The first kappa shape index (κ1) is 20.8. The molecule has 8 heteroatoms. The van der Waals surface area contributed by atoms with E-state index in [-0.39, 0.29) is 17.4 Å². The van der Waals surface area contributed by atoms with Gasteiger partial charge in [0.05, 0.1) is 17.8 Å². The lowest BCUT2D eigenvalue weighted by Crippen LogP contribution is -2.34. The Morgan fingerprint density at radius 2 is 1.71 bits per heavy atom. The van der Waals surface area contributed by atoms with E-state index >= 15 is 0 Å². The molecular formula is C16H25NO5S2. The first-order valence-electron chi connectivity index (χ1n) is 7.59. The van der Waals surface area contributed by atoms with Crippen LogP contribution in [0.4, 0.5) is 0 Å². The van der Waals surface area contributed by atoms with E-state index in [4.69, 9.17) is 0 Å². The van der Waals surface area contributed by atoms with Gasteiger partial charge >= 0.3 is 0 Å². The normalized spacial score (nSPS) is 14.4. The molecule has 1 aromatic rings. The molecule has 0 bridgehead atoms. The lowest BCUT2D eigenvalue weighted by Gasteiger charge is -2.17. The minimum Gasteiger partial charge on any atom is -0.266 e. The smallest absolute Gasteiger partial charge is 0.264 e. The Kier molecular flexibility index (Phi) is 7.59. The van der Waals surface area contributed by atoms with E-state index in [9.17, 15) is 16.8 Å². The van der Waals surface area contributed by atoms with E-state index in [1.807, 2.05) is 20.8 Å². The monoisotopic (exact) mass is 375 g/mol. The summed E-state index contributed by atoms with van der Waals surface area (Å²) in [5.41, 5.74) is 0.977. The van der Waals surface area contributed by atoms with Crippen LogP contribution in [0.3, 0.4) is 0 Å². The summed E-state index contributed by atoms with van der Waals surface area (Å²) >= 11 is 0. The zero-order chi connectivity index (χ0) is 18.4. The maximum absolute atomic E-state index is 12.5. The van der Waals surface area contributed by atoms with Gasteiger partial charge in [-0.2, -0.15) is 8.42 Å². The van der Waals surface area contributed by atoms with E-state index in [1.54, 1.807) is 30.3 Å². The van der Waals surface area contributed by atoms with Crippen LogP contribution in [0.5, 0.6) is 0 Å². The highest BCUT2D eigenvalue weighted by molar-refractivity contribution is 7.89. The van der Waals surface area contributed by atoms with Crippen LogP contribution in [0.25, 0.3) is 0 Å². The summed E-state index contributed by atoms with van der Waals surface area (Å²) in [6.45, 7) is 5.72. The van der Waals surface area contributed by atoms with Gasteiger partial charge in [-0.15, -0.1) is 0 Å². The van der Waals surface area contributed by atoms with Crippen LogP contribution in [0.1, 0.15) is 25.8 Å².